The molecule has 0 aliphatic heterocycles. The molecule has 0 radical (unpaired) electrons. The fourth-order valence-corrected chi connectivity index (χ4v) is 3.79. The van der Waals surface area contributed by atoms with Gasteiger partial charge in [-0.1, -0.05) is 35.1 Å². The summed E-state index contributed by atoms with van der Waals surface area (Å²) in [6, 6.07) is 12.4. The normalized spacial score (nSPS) is 11.3. The number of rotatable bonds is 6. The number of carbonyl (C=O) groups is 1. The van der Waals surface area contributed by atoms with Gasteiger partial charge in [-0.15, -0.1) is 0 Å². The van der Waals surface area contributed by atoms with Crippen molar-refractivity contribution in [2.24, 2.45) is 0 Å². The summed E-state index contributed by atoms with van der Waals surface area (Å²) in [5, 5.41) is 0.537. The van der Waals surface area contributed by atoms with Crippen molar-refractivity contribution in [1.82, 2.24) is 9.88 Å². The van der Waals surface area contributed by atoms with E-state index in [1.807, 2.05) is 51.4 Å². The lowest BCUT2D eigenvalue weighted by atomic mass is 10.1. The molecule has 1 amide bonds. The van der Waals surface area contributed by atoms with Gasteiger partial charge in [0.15, 0.2) is 5.13 Å². The Morgan fingerprint density at radius 2 is 1.92 bits per heavy atom. The van der Waals surface area contributed by atoms with Crippen LogP contribution in [-0.2, 0) is 0 Å². The molecule has 0 aliphatic rings. The van der Waals surface area contributed by atoms with E-state index >= 15 is 0 Å². The largest absolute Gasteiger partial charge is 0.309 e. The van der Waals surface area contributed by atoms with Gasteiger partial charge in [0.05, 0.1) is 4.70 Å². The third kappa shape index (κ3) is 4.08. The van der Waals surface area contributed by atoms with E-state index in [1.165, 1.54) is 17.4 Å². The minimum atomic E-state index is -0.360. The highest BCUT2D eigenvalue weighted by molar-refractivity contribution is 7.22. The number of amides is 1. The second-order valence-corrected chi connectivity index (χ2v) is 7.58. The molecule has 4 nitrogen and oxygen atoms in total. The van der Waals surface area contributed by atoms with E-state index in [2.05, 4.69) is 9.88 Å². The minimum absolute atomic E-state index is 0.105. The topological polar surface area (TPSA) is 36.4 Å². The quantitative estimate of drug-likeness (QED) is 0.647. The first kappa shape index (κ1) is 18.5. The molecule has 2 aromatic carbocycles. The fourth-order valence-electron chi connectivity index (χ4n) is 2.78. The summed E-state index contributed by atoms with van der Waals surface area (Å²) >= 11 is 1.35. The summed E-state index contributed by atoms with van der Waals surface area (Å²) in [4.78, 5) is 21.3. The average molecular weight is 371 g/mol. The number of hydrogen-bond acceptors (Lipinski definition) is 4. The number of aryl methyl sites for hydroxylation is 1. The summed E-state index contributed by atoms with van der Waals surface area (Å²) < 4.78 is 14.8. The summed E-state index contributed by atoms with van der Waals surface area (Å²) in [6.07, 6.45) is 0.808. The van der Waals surface area contributed by atoms with Crippen LogP contribution in [0.25, 0.3) is 10.2 Å². The summed E-state index contributed by atoms with van der Waals surface area (Å²) in [7, 11) is 4.00. The van der Waals surface area contributed by atoms with E-state index in [9.17, 15) is 9.18 Å². The summed E-state index contributed by atoms with van der Waals surface area (Å²) in [5.74, 6) is -0.465. The number of halogens is 1. The molecule has 26 heavy (non-hydrogen) atoms. The fraction of sp³-hybridized carbons (Fsp3) is 0.300. The molecule has 0 aliphatic carbocycles. The van der Waals surface area contributed by atoms with Crippen molar-refractivity contribution in [3.8, 4) is 0 Å². The van der Waals surface area contributed by atoms with Crippen molar-refractivity contribution >= 4 is 32.6 Å². The SMILES string of the molecule is Cc1cccc(C(=O)N(CCCN(C)C)c2nc3c(F)cccc3s2)c1. The van der Waals surface area contributed by atoms with Crippen molar-refractivity contribution in [2.45, 2.75) is 13.3 Å². The molecule has 0 saturated carbocycles. The Labute approximate surface area is 156 Å². The van der Waals surface area contributed by atoms with Crippen LogP contribution in [0, 0.1) is 12.7 Å². The molecule has 0 bridgehead atoms. The highest BCUT2D eigenvalue weighted by Gasteiger charge is 2.22. The molecule has 6 heteroatoms. The highest BCUT2D eigenvalue weighted by Crippen LogP contribution is 2.31. The molecular weight excluding hydrogens is 349 g/mol. The number of anilines is 1. The first-order valence-corrected chi connectivity index (χ1v) is 9.35. The van der Waals surface area contributed by atoms with E-state index in [1.54, 1.807) is 11.0 Å². The lowest BCUT2D eigenvalue weighted by Gasteiger charge is -2.21. The van der Waals surface area contributed by atoms with E-state index in [0.717, 1.165) is 23.2 Å². The Bertz CT molecular complexity index is 922. The summed E-state index contributed by atoms with van der Waals surface area (Å²) in [5.41, 5.74) is 1.97. The zero-order valence-corrected chi connectivity index (χ0v) is 16.0. The molecule has 3 rings (SSSR count). The average Bonchev–Trinajstić information content (AvgIpc) is 3.03. The Kier molecular flexibility index (Phi) is 5.64. The Hall–Kier alpha value is -2.31. The summed E-state index contributed by atoms with van der Waals surface area (Å²) in [6.45, 7) is 3.35. The number of aromatic nitrogens is 1. The van der Waals surface area contributed by atoms with Crippen molar-refractivity contribution in [3.05, 3.63) is 59.4 Å². The minimum Gasteiger partial charge on any atom is -0.309 e. The van der Waals surface area contributed by atoms with Crippen molar-refractivity contribution in [3.63, 3.8) is 0 Å². The molecule has 0 N–H and O–H groups in total. The van der Waals surface area contributed by atoms with Crippen molar-refractivity contribution < 1.29 is 9.18 Å². The maximum absolute atomic E-state index is 14.0. The lowest BCUT2D eigenvalue weighted by molar-refractivity contribution is 0.0986. The molecule has 136 valence electrons. The van der Waals surface area contributed by atoms with Crippen LogP contribution in [0.3, 0.4) is 0 Å². The van der Waals surface area contributed by atoms with Gasteiger partial charge < -0.3 is 4.90 Å². The zero-order chi connectivity index (χ0) is 18.7. The van der Waals surface area contributed by atoms with Gasteiger partial charge in [0.2, 0.25) is 0 Å². The Balaban J connectivity index is 1.96. The van der Waals surface area contributed by atoms with Crippen LogP contribution in [0.4, 0.5) is 9.52 Å². The van der Waals surface area contributed by atoms with Crippen LogP contribution in [-0.4, -0.2) is 43.0 Å². The van der Waals surface area contributed by atoms with Gasteiger partial charge in [-0.3, -0.25) is 9.69 Å². The lowest BCUT2D eigenvalue weighted by Crippen LogP contribution is -2.33. The first-order chi connectivity index (χ1) is 12.5. The molecule has 0 unspecified atom stereocenters. The van der Waals surface area contributed by atoms with Crippen LogP contribution >= 0.6 is 11.3 Å². The number of thiazole rings is 1. The van der Waals surface area contributed by atoms with Crippen LogP contribution in [0.2, 0.25) is 0 Å². The standard InChI is InChI=1S/C20H22FN3OS/c1-14-7-4-8-15(13-14)19(25)24(12-6-11-23(2)3)20-22-18-16(21)9-5-10-17(18)26-20/h4-5,7-10,13H,6,11-12H2,1-3H3. The van der Waals surface area contributed by atoms with Gasteiger partial charge in [0.1, 0.15) is 11.3 Å². The van der Waals surface area contributed by atoms with Gasteiger partial charge in [-0.25, -0.2) is 9.37 Å². The maximum Gasteiger partial charge on any atom is 0.260 e. The third-order valence-electron chi connectivity index (χ3n) is 4.09. The number of carbonyl (C=O) groups excluding carboxylic acids is 1. The number of hydrogen-bond donors (Lipinski definition) is 0. The second-order valence-electron chi connectivity index (χ2n) is 6.57. The van der Waals surface area contributed by atoms with Gasteiger partial charge in [0.25, 0.3) is 5.91 Å². The number of benzene rings is 2. The van der Waals surface area contributed by atoms with Gasteiger partial charge in [0, 0.05) is 12.1 Å². The molecule has 3 aromatic rings. The molecule has 1 aromatic heterocycles. The number of fused-ring (bicyclic) bond motifs is 1. The predicted molar refractivity (Wildman–Crippen MR) is 106 cm³/mol. The molecule has 0 saturated heterocycles. The predicted octanol–water partition coefficient (Wildman–Crippen LogP) is 4.34. The first-order valence-electron chi connectivity index (χ1n) is 8.54. The Morgan fingerprint density at radius 1 is 1.15 bits per heavy atom. The van der Waals surface area contributed by atoms with E-state index in [0.29, 0.717) is 22.8 Å². The van der Waals surface area contributed by atoms with E-state index in [-0.39, 0.29) is 11.7 Å². The van der Waals surface area contributed by atoms with Gasteiger partial charge >= 0.3 is 0 Å². The van der Waals surface area contributed by atoms with E-state index < -0.39 is 0 Å². The molecule has 0 fully saturated rings. The van der Waals surface area contributed by atoms with Crippen LogP contribution in [0.1, 0.15) is 22.3 Å². The van der Waals surface area contributed by atoms with E-state index in [4.69, 9.17) is 0 Å². The van der Waals surface area contributed by atoms with Crippen LogP contribution in [0.5, 0.6) is 0 Å². The van der Waals surface area contributed by atoms with Gasteiger partial charge in [-0.05, 0) is 58.3 Å². The van der Waals surface area contributed by atoms with Gasteiger partial charge in [-0.2, -0.15) is 0 Å². The molecule has 1 heterocycles. The Morgan fingerprint density at radius 3 is 2.62 bits per heavy atom. The van der Waals surface area contributed by atoms with Crippen molar-refractivity contribution in [1.29, 1.82) is 0 Å². The maximum atomic E-state index is 14.0. The van der Waals surface area contributed by atoms with Crippen LogP contribution < -0.4 is 4.90 Å². The van der Waals surface area contributed by atoms with Crippen LogP contribution in [0.15, 0.2) is 42.5 Å². The molecule has 0 atom stereocenters. The molecular formula is C20H22FN3OS. The van der Waals surface area contributed by atoms with Crippen molar-refractivity contribution in [2.75, 3.05) is 32.1 Å². The molecule has 0 spiro atoms. The third-order valence-corrected chi connectivity index (χ3v) is 5.13. The number of para-hydroxylation sites is 1. The second kappa shape index (κ2) is 7.93. The zero-order valence-electron chi connectivity index (χ0n) is 15.2. The smallest absolute Gasteiger partial charge is 0.260 e. The number of nitrogens with zero attached hydrogens (tertiary/aromatic N) is 3. The highest BCUT2D eigenvalue weighted by atomic mass is 32.1. The monoisotopic (exact) mass is 371 g/mol.